The van der Waals surface area contributed by atoms with Crippen LogP contribution in [-0.2, 0) is 4.84 Å². The van der Waals surface area contributed by atoms with E-state index in [9.17, 15) is 0 Å². The highest BCUT2D eigenvalue weighted by Gasteiger charge is 2.53. The zero-order valence-corrected chi connectivity index (χ0v) is 10.1. The molecule has 0 spiro atoms. The molecule has 4 bridgehead atoms. The Morgan fingerprint density at radius 1 is 1.29 bits per heavy atom. The minimum atomic E-state index is 0.455. The van der Waals surface area contributed by atoms with E-state index in [0.29, 0.717) is 16.2 Å². The molecule has 78 valence electrons. The van der Waals surface area contributed by atoms with Crippen LogP contribution in [0.5, 0.6) is 0 Å². The van der Waals surface area contributed by atoms with Gasteiger partial charge in [0.15, 0.2) is 0 Å². The second-order valence-electron chi connectivity index (χ2n) is 5.19. The van der Waals surface area contributed by atoms with Gasteiger partial charge in [-0.2, -0.15) is 0 Å². The minimum Gasteiger partial charge on any atom is -0.399 e. The molecule has 4 saturated carbocycles. The summed E-state index contributed by atoms with van der Waals surface area (Å²) in [7, 11) is 1.67. The molecule has 3 heteroatoms. The molecule has 2 nitrogen and oxygen atoms in total. The lowest BCUT2D eigenvalue weighted by molar-refractivity contribution is 0.122. The molecule has 0 aromatic carbocycles. The second-order valence-corrected chi connectivity index (χ2v) is 6.88. The quantitative estimate of drug-likeness (QED) is 0.523. The number of halogens is 1. The molecule has 0 amide bonds. The van der Waals surface area contributed by atoms with Crippen molar-refractivity contribution in [2.75, 3.05) is 7.11 Å². The molecule has 4 aliphatic rings. The van der Waals surface area contributed by atoms with Gasteiger partial charge < -0.3 is 4.84 Å². The Morgan fingerprint density at radius 3 is 2.43 bits per heavy atom. The van der Waals surface area contributed by atoms with Crippen LogP contribution in [0.1, 0.15) is 32.1 Å². The summed E-state index contributed by atoms with van der Waals surface area (Å²) in [5.74, 6) is 2.36. The van der Waals surface area contributed by atoms with Gasteiger partial charge in [0.1, 0.15) is 7.11 Å². The molecule has 4 rings (SSSR count). The van der Waals surface area contributed by atoms with Gasteiger partial charge in [-0.25, -0.2) is 0 Å². The molecule has 4 fully saturated rings. The third-order valence-corrected chi connectivity index (χ3v) is 5.12. The topological polar surface area (TPSA) is 21.6 Å². The van der Waals surface area contributed by atoms with Crippen molar-refractivity contribution in [2.24, 2.45) is 22.9 Å². The summed E-state index contributed by atoms with van der Waals surface area (Å²) in [5.41, 5.74) is 1.36. The molecule has 0 saturated heterocycles. The maximum Gasteiger partial charge on any atom is 0.106 e. The van der Waals surface area contributed by atoms with E-state index in [1.807, 2.05) is 0 Å². The Hall–Kier alpha value is -0.0500. The number of rotatable bonds is 1. The SMILES string of the molecule is CON=C1C2CC3CC1CC(Br)(C3)C2. The Kier molecular flexibility index (Phi) is 1.95. The van der Waals surface area contributed by atoms with Gasteiger partial charge in [0, 0.05) is 16.2 Å². The van der Waals surface area contributed by atoms with Crippen LogP contribution >= 0.6 is 15.9 Å². The van der Waals surface area contributed by atoms with E-state index in [0.717, 1.165) is 5.92 Å². The summed E-state index contributed by atoms with van der Waals surface area (Å²) in [6, 6.07) is 0. The largest absolute Gasteiger partial charge is 0.399 e. The van der Waals surface area contributed by atoms with Crippen molar-refractivity contribution in [3.63, 3.8) is 0 Å². The van der Waals surface area contributed by atoms with E-state index in [1.54, 1.807) is 7.11 Å². The number of hydrogen-bond acceptors (Lipinski definition) is 2. The standard InChI is InChI=1S/C11H16BrNO/c1-14-13-10-8-2-7-3-9(10)6-11(12,4-7)5-8/h7-9H,2-6H2,1H3. The van der Waals surface area contributed by atoms with E-state index in [4.69, 9.17) is 4.84 Å². The van der Waals surface area contributed by atoms with Crippen LogP contribution in [-0.4, -0.2) is 17.1 Å². The first-order valence-electron chi connectivity index (χ1n) is 5.50. The van der Waals surface area contributed by atoms with Gasteiger partial charge in [-0.15, -0.1) is 0 Å². The Balaban J connectivity index is 1.93. The lowest BCUT2D eigenvalue weighted by Gasteiger charge is -2.54. The molecule has 4 aliphatic carbocycles. The summed E-state index contributed by atoms with van der Waals surface area (Å²) in [6.07, 6.45) is 6.66. The maximum absolute atomic E-state index is 4.97. The van der Waals surface area contributed by atoms with Crippen LogP contribution in [0.25, 0.3) is 0 Å². The zero-order chi connectivity index (χ0) is 9.76. The molecule has 14 heavy (non-hydrogen) atoms. The van der Waals surface area contributed by atoms with E-state index in [2.05, 4.69) is 21.1 Å². The van der Waals surface area contributed by atoms with Crippen LogP contribution in [0.4, 0.5) is 0 Å². The summed E-state index contributed by atoms with van der Waals surface area (Å²) in [6.45, 7) is 0. The molecule has 0 radical (unpaired) electrons. The summed E-state index contributed by atoms with van der Waals surface area (Å²) in [5, 5.41) is 4.25. The highest BCUT2D eigenvalue weighted by atomic mass is 79.9. The van der Waals surface area contributed by atoms with Crippen molar-refractivity contribution in [3.05, 3.63) is 0 Å². The van der Waals surface area contributed by atoms with Crippen LogP contribution < -0.4 is 0 Å². The molecule has 0 aromatic rings. The van der Waals surface area contributed by atoms with Crippen molar-refractivity contribution >= 4 is 21.6 Å². The molecule has 0 N–H and O–H groups in total. The van der Waals surface area contributed by atoms with Gasteiger partial charge in [-0.3, -0.25) is 0 Å². The number of nitrogens with zero attached hydrogens (tertiary/aromatic N) is 1. The minimum absolute atomic E-state index is 0.455. The predicted molar refractivity (Wildman–Crippen MR) is 59.7 cm³/mol. The number of hydrogen-bond donors (Lipinski definition) is 0. The molecule has 0 aromatic heterocycles. The van der Waals surface area contributed by atoms with Crippen LogP contribution in [0, 0.1) is 17.8 Å². The highest BCUT2D eigenvalue weighted by Crippen LogP contribution is 2.57. The third-order valence-electron chi connectivity index (χ3n) is 4.15. The van der Waals surface area contributed by atoms with Crippen LogP contribution in [0.2, 0.25) is 0 Å². The fourth-order valence-corrected chi connectivity index (χ4v) is 5.16. The van der Waals surface area contributed by atoms with Crippen molar-refractivity contribution in [1.82, 2.24) is 0 Å². The predicted octanol–water partition coefficient (Wildman–Crippen LogP) is 2.96. The fourth-order valence-electron chi connectivity index (χ4n) is 3.92. The van der Waals surface area contributed by atoms with Gasteiger partial charge in [-0.1, -0.05) is 21.1 Å². The van der Waals surface area contributed by atoms with Gasteiger partial charge in [0.2, 0.25) is 0 Å². The summed E-state index contributed by atoms with van der Waals surface area (Å²) >= 11 is 3.94. The Morgan fingerprint density at radius 2 is 1.93 bits per heavy atom. The van der Waals surface area contributed by atoms with E-state index >= 15 is 0 Å². The Bertz CT molecular complexity index is 271. The zero-order valence-electron chi connectivity index (χ0n) is 8.50. The first-order valence-corrected chi connectivity index (χ1v) is 6.29. The number of alkyl halides is 1. The first-order chi connectivity index (χ1) is 6.70. The van der Waals surface area contributed by atoms with E-state index in [-0.39, 0.29) is 0 Å². The van der Waals surface area contributed by atoms with Gasteiger partial charge in [-0.05, 0) is 38.0 Å². The first kappa shape index (κ1) is 9.20. The van der Waals surface area contributed by atoms with Crippen molar-refractivity contribution in [3.8, 4) is 0 Å². The number of oxime groups is 1. The molecular weight excluding hydrogens is 242 g/mol. The van der Waals surface area contributed by atoms with Crippen LogP contribution in [0.15, 0.2) is 5.16 Å². The lowest BCUT2D eigenvalue weighted by atomic mass is 9.55. The van der Waals surface area contributed by atoms with Gasteiger partial charge in [0.25, 0.3) is 0 Å². The average Bonchev–Trinajstić information content (AvgIpc) is 2.08. The normalized spacial score (nSPS) is 49.6. The van der Waals surface area contributed by atoms with Crippen molar-refractivity contribution in [1.29, 1.82) is 0 Å². The average molecular weight is 258 g/mol. The van der Waals surface area contributed by atoms with Crippen LogP contribution in [0.3, 0.4) is 0 Å². The monoisotopic (exact) mass is 257 g/mol. The Labute approximate surface area is 93.2 Å². The third kappa shape index (κ3) is 1.24. The van der Waals surface area contributed by atoms with Gasteiger partial charge in [0.05, 0.1) is 5.71 Å². The molecule has 0 heterocycles. The molecule has 2 unspecified atom stereocenters. The van der Waals surface area contributed by atoms with Crippen molar-refractivity contribution < 1.29 is 4.84 Å². The summed E-state index contributed by atoms with van der Waals surface area (Å²) in [4.78, 5) is 4.97. The van der Waals surface area contributed by atoms with E-state index < -0.39 is 0 Å². The maximum atomic E-state index is 4.97. The highest BCUT2D eigenvalue weighted by molar-refractivity contribution is 9.10. The molecule has 0 aliphatic heterocycles. The smallest absolute Gasteiger partial charge is 0.106 e. The lowest BCUT2D eigenvalue weighted by Crippen LogP contribution is -2.52. The molecular formula is C11H16BrNO. The van der Waals surface area contributed by atoms with Gasteiger partial charge >= 0.3 is 0 Å². The van der Waals surface area contributed by atoms with Crippen molar-refractivity contribution in [2.45, 2.75) is 36.4 Å². The molecule has 2 atom stereocenters. The fraction of sp³-hybridized carbons (Fsp3) is 0.909. The second kappa shape index (κ2) is 2.97. The summed E-state index contributed by atoms with van der Waals surface area (Å²) < 4.78 is 0.455. The van der Waals surface area contributed by atoms with E-state index in [1.165, 1.54) is 37.8 Å².